The minimum atomic E-state index is -0.349. The van der Waals surface area contributed by atoms with Gasteiger partial charge in [-0.25, -0.2) is 4.39 Å². The van der Waals surface area contributed by atoms with E-state index in [4.69, 9.17) is 11.6 Å². The molecule has 0 spiro atoms. The summed E-state index contributed by atoms with van der Waals surface area (Å²) in [5.74, 6) is 0.00755. The molecule has 2 N–H and O–H groups in total. The molecular formula is C14H20ClFN2O. The lowest BCUT2D eigenvalue weighted by molar-refractivity contribution is -0.122. The number of carbonyl (C=O) groups excluding carboxylic acids is 1. The minimum Gasteiger partial charge on any atom is -0.354 e. The van der Waals surface area contributed by atoms with Crippen LogP contribution in [0, 0.1) is 11.7 Å². The monoisotopic (exact) mass is 286 g/mol. The summed E-state index contributed by atoms with van der Waals surface area (Å²) in [6.45, 7) is 6.83. The number of rotatable bonds is 6. The van der Waals surface area contributed by atoms with Crippen molar-refractivity contribution in [2.45, 2.75) is 33.4 Å². The lowest BCUT2D eigenvalue weighted by Gasteiger charge is -2.15. The van der Waals surface area contributed by atoms with Crippen LogP contribution in [0.3, 0.4) is 0 Å². The number of halogens is 2. The summed E-state index contributed by atoms with van der Waals surface area (Å²) in [6.07, 6.45) is 0. The smallest absolute Gasteiger partial charge is 0.236 e. The highest BCUT2D eigenvalue weighted by Gasteiger charge is 2.13. The zero-order chi connectivity index (χ0) is 14.4. The Kier molecular flexibility index (Phi) is 6.25. The lowest BCUT2D eigenvalue weighted by atomic mass is 10.2. The van der Waals surface area contributed by atoms with E-state index in [0.717, 1.165) is 0 Å². The molecule has 0 heterocycles. The van der Waals surface area contributed by atoms with Gasteiger partial charge in [0, 0.05) is 18.1 Å². The van der Waals surface area contributed by atoms with E-state index in [-0.39, 0.29) is 17.8 Å². The third-order valence-electron chi connectivity index (χ3n) is 2.68. The Morgan fingerprint density at radius 1 is 1.37 bits per heavy atom. The molecule has 0 aliphatic carbocycles. The predicted octanol–water partition coefficient (Wildman–Crippen LogP) is 2.73. The minimum absolute atomic E-state index is 0.0683. The van der Waals surface area contributed by atoms with Crippen LogP contribution in [0.25, 0.3) is 0 Å². The number of nitrogens with one attached hydrogen (secondary N) is 2. The van der Waals surface area contributed by atoms with Crippen molar-refractivity contribution in [1.82, 2.24) is 10.6 Å². The van der Waals surface area contributed by atoms with Gasteiger partial charge in [-0.1, -0.05) is 25.4 Å². The summed E-state index contributed by atoms with van der Waals surface area (Å²) in [5, 5.41) is 6.35. The van der Waals surface area contributed by atoms with E-state index < -0.39 is 0 Å². The largest absolute Gasteiger partial charge is 0.354 e. The molecule has 1 atom stereocenters. The van der Waals surface area contributed by atoms with Crippen LogP contribution in [-0.2, 0) is 11.3 Å². The third kappa shape index (κ3) is 5.57. The average Bonchev–Trinajstić information content (AvgIpc) is 2.36. The number of hydrogen-bond acceptors (Lipinski definition) is 2. The first kappa shape index (κ1) is 15.9. The fourth-order valence-electron chi connectivity index (χ4n) is 1.49. The van der Waals surface area contributed by atoms with E-state index in [9.17, 15) is 9.18 Å². The van der Waals surface area contributed by atoms with E-state index in [1.54, 1.807) is 6.92 Å². The molecule has 106 valence electrons. The van der Waals surface area contributed by atoms with Crippen molar-refractivity contribution in [2.75, 3.05) is 6.54 Å². The quantitative estimate of drug-likeness (QED) is 0.844. The maximum atomic E-state index is 13.1. The molecule has 0 bridgehead atoms. The van der Waals surface area contributed by atoms with Crippen LogP contribution in [0.4, 0.5) is 4.39 Å². The Morgan fingerprint density at radius 2 is 2.05 bits per heavy atom. The van der Waals surface area contributed by atoms with Gasteiger partial charge in [0.05, 0.1) is 6.04 Å². The topological polar surface area (TPSA) is 41.1 Å². The van der Waals surface area contributed by atoms with Gasteiger partial charge in [-0.05, 0) is 36.6 Å². The number of hydrogen-bond donors (Lipinski definition) is 2. The Hall–Kier alpha value is -1.13. The molecule has 1 aromatic rings. The van der Waals surface area contributed by atoms with E-state index >= 15 is 0 Å². The van der Waals surface area contributed by atoms with Crippen LogP contribution in [0.15, 0.2) is 18.2 Å². The van der Waals surface area contributed by atoms with Gasteiger partial charge >= 0.3 is 0 Å². The Balaban J connectivity index is 2.47. The highest BCUT2D eigenvalue weighted by molar-refractivity contribution is 6.31. The van der Waals surface area contributed by atoms with Gasteiger partial charge in [-0.2, -0.15) is 0 Å². The molecule has 19 heavy (non-hydrogen) atoms. The van der Waals surface area contributed by atoms with Crippen molar-refractivity contribution in [3.05, 3.63) is 34.6 Å². The second-order valence-corrected chi connectivity index (χ2v) is 5.38. The predicted molar refractivity (Wildman–Crippen MR) is 75.6 cm³/mol. The van der Waals surface area contributed by atoms with Crippen LogP contribution >= 0.6 is 11.6 Å². The molecule has 0 aliphatic rings. The third-order valence-corrected chi connectivity index (χ3v) is 3.05. The molecule has 0 aliphatic heterocycles. The number of carbonyl (C=O) groups is 1. The van der Waals surface area contributed by atoms with E-state index in [1.807, 2.05) is 13.8 Å². The first-order valence-corrected chi connectivity index (χ1v) is 6.73. The molecule has 1 unspecified atom stereocenters. The fourth-order valence-corrected chi connectivity index (χ4v) is 1.68. The van der Waals surface area contributed by atoms with Gasteiger partial charge in [-0.15, -0.1) is 0 Å². The van der Waals surface area contributed by atoms with Crippen LogP contribution in [0.1, 0.15) is 26.3 Å². The van der Waals surface area contributed by atoms with Gasteiger partial charge in [0.15, 0.2) is 0 Å². The molecule has 0 saturated heterocycles. The molecule has 0 radical (unpaired) electrons. The van der Waals surface area contributed by atoms with Crippen molar-refractivity contribution in [1.29, 1.82) is 0 Å². The average molecular weight is 287 g/mol. The normalized spacial score (nSPS) is 12.5. The summed E-state index contributed by atoms with van der Waals surface area (Å²) < 4.78 is 13.1. The van der Waals surface area contributed by atoms with Gasteiger partial charge in [0.25, 0.3) is 0 Å². The fraction of sp³-hybridized carbons (Fsp3) is 0.500. The zero-order valence-electron chi connectivity index (χ0n) is 11.5. The SMILES string of the molecule is CC(C)CNC(=O)C(C)NCc1cc(F)ccc1Cl. The molecule has 0 fully saturated rings. The second-order valence-electron chi connectivity index (χ2n) is 4.98. The van der Waals surface area contributed by atoms with Crippen molar-refractivity contribution >= 4 is 17.5 Å². The number of benzene rings is 1. The zero-order valence-corrected chi connectivity index (χ0v) is 12.2. The van der Waals surface area contributed by atoms with Crippen molar-refractivity contribution < 1.29 is 9.18 Å². The maximum absolute atomic E-state index is 13.1. The number of amides is 1. The van der Waals surface area contributed by atoms with Crippen LogP contribution in [0.5, 0.6) is 0 Å². The molecule has 0 saturated carbocycles. The highest BCUT2D eigenvalue weighted by Crippen LogP contribution is 2.16. The van der Waals surface area contributed by atoms with E-state index in [1.165, 1.54) is 18.2 Å². The first-order valence-electron chi connectivity index (χ1n) is 6.35. The second kappa shape index (κ2) is 7.46. The summed E-state index contributed by atoms with van der Waals surface area (Å²) in [5.41, 5.74) is 0.644. The Bertz CT molecular complexity index is 437. The van der Waals surface area contributed by atoms with Crippen molar-refractivity contribution in [2.24, 2.45) is 5.92 Å². The summed E-state index contributed by atoms with van der Waals surface area (Å²) >= 11 is 5.95. The highest BCUT2D eigenvalue weighted by atomic mass is 35.5. The Morgan fingerprint density at radius 3 is 2.68 bits per heavy atom. The molecule has 1 amide bonds. The van der Waals surface area contributed by atoms with E-state index in [0.29, 0.717) is 29.6 Å². The molecular weight excluding hydrogens is 267 g/mol. The summed E-state index contributed by atoms with van der Waals surface area (Å²) in [6, 6.07) is 3.84. The summed E-state index contributed by atoms with van der Waals surface area (Å²) in [7, 11) is 0. The van der Waals surface area contributed by atoms with Crippen LogP contribution < -0.4 is 10.6 Å². The lowest BCUT2D eigenvalue weighted by Crippen LogP contribution is -2.43. The van der Waals surface area contributed by atoms with E-state index in [2.05, 4.69) is 10.6 Å². The molecule has 3 nitrogen and oxygen atoms in total. The van der Waals surface area contributed by atoms with Crippen LogP contribution in [-0.4, -0.2) is 18.5 Å². The molecule has 0 aromatic heterocycles. The van der Waals surface area contributed by atoms with Gasteiger partial charge in [-0.3, -0.25) is 4.79 Å². The molecule has 1 rings (SSSR count). The molecule has 1 aromatic carbocycles. The first-order chi connectivity index (χ1) is 8.90. The maximum Gasteiger partial charge on any atom is 0.236 e. The molecule has 5 heteroatoms. The van der Waals surface area contributed by atoms with Gasteiger partial charge < -0.3 is 10.6 Å². The van der Waals surface area contributed by atoms with Gasteiger partial charge in [0.2, 0.25) is 5.91 Å². The van der Waals surface area contributed by atoms with Crippen molar-refractivity contribution in [3.63, 3.8) is 0 Å². The van der Waals surface area contributed by atoms with Gasteiger partial charge in [0.1, 0.15) is 5.82 Å². The standard InChI is InChI=1S/C14H20ClFN2O/c1-9(2)7-18-14(19)10(3)17-8-11-6-12(16)4-5-13(11)15/h4-6,9-10,17H,7-8H2,1-3H3,(H,18,19). The van der Waals surface area contributed by atoms with Crippen LogP contribution in [0.2, 0.25) is 5.02 Å². The Labute approximate surface area is 118 Å². The van der Waals surface area contributed by atoms with Crippen molar-refractivity contribution in [3.8, 4) is 0 Å². The summed E-state index contributed by atoms with van der Waals surface area (Å²) in [4.78, 5) is 11.7.